The summed E-state index contributed by atoms with van der Waals surface area (Å²) in [5.41, 5.74) is 4.20. The van der Waals surface area contributed by atoms with Crippen molar-refractivity contribution in [3.63, 3.8) is 0 Å². The number of nitrogens with zero attached hydrogens (tertiary/aromatic N) is 1. The molecule has 2 heteroatoms. The smallest absolute Gasteiger partial charge is 0.0208 e. The highest BCUT2D eigenvalue weighted by Gasteiger charge is 2.16. The van der Waals surface area contributed by atoms with Crippen LogP contribution in [0.1, 0.15) is 29.5 Å². The molecule has 18 heavy (non-hydrogen) atoms. The molecule has 1 aliphatic rings. The van der Waals surface area contributed by atoms with Crippen LogP contribution >= 0.6 is 0 Å². The molecule has 1 atom stereocenters. The molecule has 1 saturated heterocycles. The number of benzene rings is 1. The molecule has 1 aromatic rings. The maximum absolute atomic E-state index is 3.63. The van der Waals surface area contributed by atoms with Crippen molar-refractivity contribution in [3.8, 4) is 0 Å². The Morgan fingerprint density at radius 3 is 2.94 bits per heavy atom. The van der Waals surface area contributed by atoms with Crippen molar-refractivity contribution in [1.29, 1.82) is 0 Å². The summed E-state index contributed by atoms with van der Waals surface area (Å²) in [6, 6.07) is 6.71. The molecule has 100 valence electrons. The van der Waals surface area contributed by atoms with Gasteiger partial charge in [0.25, 0.3) is 0 Å². The van der Waals surface area contributed by atoms with Gasteiger partial charge in [-0.3, -0.25) is 0 Å². The lowest BCUT2D eigenvalue weighted by molar-refractivity contribution is 0.206. The van der Waals surface area contributed by atoms with Crippen LogP contribution in [0.25, 0.3) is 0 Å². The molecule has 1 heterocycles. The minimum Gasteiger partial charge on any atom is -0.312 e. The first-order valence-electron chi connectivity index (χ1n) is 7.10. The maximum atomic E-state index is 3.63. The van der Waals surface area contributed by atoms with Crippen LogP contribution in [0.4, 0.5) is 0 Å². The van der Waals surface area contributed by atoms with Crippen molar-refractivity contribution < 1.29 is 0 Å². The second-order valence-corrected chi connectivity index (χ2v) is 5.83. The summed E-state index contributed by atoms with van der Waals surface area (Å²) in [7, 11) is 2.23. The Morgan fingerprint density at radius 1 is 1.33 bits per heavy atom. The van der Waals surface area contributed by atoms with Gasteiger partial charge in [-0.2, -0.15) is 0 Å². The molecule has 1 aromatic carbocycles. The van der Waals surface area contributed by atoms with E-state index in [1.807, 2.05) is 0 Å². The van der Waals surface area contributed by atoms with Crippen LogP contribution in [0.15, 0.2) is 18.2 Å². The lowest BCUT2D eigenvalue weighted by Crippen LogP contribution is -2.37. The van der Waals surface area contributed by atoms with Crippen LogP contribution in [0, 0.1) is 19.8 Å². The van der Waals surface area contributed by atoms with Crippen LogP contribution in [0.5, 0.6) is 0 Å². The molecule has 0 aromatic heterocycles. The average Bonchev–Trinajstić information content (AvgIpc) is 2.34. The number of piperidine rings is 1. The van der Waals surface area contributed by atoms with Gasteiger partial charge in [0.15, 0.2) is 0 Å². The Kier molecular flexibility index (Phi) is 4.79. The Labute approximate surface area is 111 Å². The number of hydrogen-bond donors (Lipinski definition) is 1. The van der Waals surface area contributed by atoms with E-state index >= 15 is 0 Å². The highest BCUT2D eigenvalue weighted by molar-refractivity contribution is 5.30. The lowest BCUT2D eigenvalue weighted by Gasteiger charge is -2.29. The van der Waals surface area contributed by atoms with Gasteiger partial charge in [0, 0.05) is 13.1 Å². The molecule has 0 aliphatic carbocycles. The van der Waals surface area contributed by atoms with Gasteiger partial charge in [-0.1, -0.05) is 23.8 Å². The van der Waals surface area contributed by atoms with Gasteiger partial charge >= 0.3 is 0 Å². The minimum atomic E-state index is 0.828. The first-order valence-corrected chi connectivity index (χ1v) is 7.10. The number of hydrogen-bond acceptors (Lipinski definition) is 2. The maximum Gasteiger partial charge on any atom is 0.0208 e. The normalized spacial score (nSPS) is 21.2. The van der Waals surface area contributed by atoms with E-state index in [9.17, 15) is 0 Å². The molecule has 1 fully saturated rings. The molecular formula is C16H26N2. The second-order valence-electron chi connectivity index (χ2n) is 5.83. The molecule has 0 saturated carbocycles. The van der Waals surface area contributed by atoms with Crippen LogP contribution in [0.2, 0.25) is 0 Å². The first kappa shape index (κ1) is 13.6. The number of rotatable bonds is 4. The highest BCUT2D eigenvalue weighted by atomic mass is 15.1. The van der Waals surface area contributed by atoms with Crippen molar-refractivity contribution in [2.45, 2.75) is 33.2 Å². The average molecular weight is 246 g/mol. The van der Waals surface area contributed by atoms with Crippen molar-refractivity contribution >= 4 is 0 Å². The summed E-state index contributed by atoms with van der Waals surface area (Å²) in [5, 5.41) is 3.63. The quantitative estimate of drug-likeness (QED) is 0.879. The van der Waals surface area contributed by atoms with E-state index < -0.39 is 0 Å². The van der Waals surface area contributed by atoms with E-state index in [1.54, 1.807) is 0 Å². The zero-order valence-electron chi connectivity index (χ0n) is 12.0. The molecule has 2 rings (SSSR count). The Balaban J connectivity index is 1.79. The van der Waals surface area contributed by atoms with Crippen molar-refractivity contribution in [2.75, 3.05) is 26.7 Å². The van der Waals surface area contributed by atoms with Crippen LogP contribution < -0.4 is 5.32 Å². The number of likely N-dealkylation sites (tertiary alicyclic amines) is 1. The van der Waals surface area contributed by atoms with Gasteiger partial charge in [0.2, 0.25) is 0 Å². The van der Waals surface area contributed by atoms with E-state index in [2.05, 4.69) is 49.3 Å². The van der Waals surface area contributed by atoms with Crippen LogP contribution in [-0.4, -0.2) is 31.6 Å². The van der Waals surface area contributed by atoms with Gasteiger partial charge in [-0.25, -0.2) is 0 Å². The van der Waals surface area contributed by atoms with Crippen molar-refractivity contribution in [1.82, 2.24) is 10.2 Å². The summed E-state index contributed by atoms with van der Waals surface area (Å²) >= 11 is 0. The molecule has 0 bridgehead atoms. The third-order valence-electron chi connectivity index (χ3n) is 3.98. The van der Waals surface area contributed by atoms with Gasteiger partial charge in [0.1, 0.15) is 0 Å². The van der Waals surface area contributed by atoms with E-state index in [0.29, 0.717) is 0 Å². The standard InChI is InChI=1S/C16H26N2/c1-13-6-7-14(2)16(9-13)11-17-10-15-5-4-8-18(3)12-15/h6-7,9,15,17H,4-5,8,10-12H2,1-3H3. The van der Waals surface area contributed by atoms with Crippen molar-refractivity contribution in [3.05, 3.63) is 34.9 Å². The zero-order chi connectivity index (χ0) is 13.0. The lowest BCUT2D eigenvalue weighted by atomic mass is 9.98. The molecule has 1 aliphatic heterocycles. The third-order valence-corrected chi connectivity index (χ3v) is 3.98. The van der Waals surface area contributed by atoms with Gasteiger partial charge in [-0.15, -0.1) is 0 Å². The van der Waals surface area contributed by atoms with Crippen LogP contribution in [0.3, 0.4) is 0 Å². The molecule has 1 N–H and O–H groups in total. The van der Waals surface area contributed by atoms with E-state index in [1.165, 1.54) is 42.6 Å². The fourth-order valence-electron chi connectivity index (χ4n) is 2.84. The fourth-order valence-corrected chi connectivity index (χ4v) is 2.84. The summed E-state index contributed by atoms with van der Waals surface area (Å²) in [4.78, 5) is 2.45. The van der Waals surface area contributed by atoms with E-state index in [4.69, 9.17) is 0 Å². The van der Waals surface area contributed by atoms with Gasteiger partial charge in [-0.05, 0) is 63.9 Å². The predicted molar refractivity (Wildman–Crippen MR) is 77.8 cm³/mol. The van der Waals surface area contributed by atoms with Crippen molar-refractivity contribution in [2.24, 2.45) is 5.92 Å². The molecule has 0 amide bonds. The monoisotopic (exact) mass is 246 g/mol. The molecule has 0 spiro atoms. The zero-order valence-corrected chi connectivity index (χ0v) is 12.0. The molecule has 0 radical (unpaired) electrons. The summed E-state index contributed by atoms with van der Waals surface area (Å²) in [5.74, 6) is 0.828. The summed E-state index contributed by atoms with van der Waals surface area (Å²) in [6.07, 6.45) is 2.73. The Bertz CT molecular complexity index is 387. The molecule has 2 nitrogen and oxygen atoms in total. The Hall–Kier alpha value is -0.860. The predicted octanol–water partition coefficient (Wildman–Crippen LogP) is 2.73. The summed E-state index contributed by atoms with van der Waals surface area (Å²) in [6.45, 7) is 9.04. The topological polar surface area (TPSA) is 15.3 Å². The Morgan fingerprint density at radius 2 is 2.17 bits per heavy atom. The minimum absolute atomic E-state index is 0.828. The highest BCUT2D eigenvalue weighted by Crippen LogP contribution is 2.15. The van der Waals surface area contributed by atoms with Gasteiger partial charge in [0.05, 0.1) is 0 Å². The first-order chi connectivity index (χ1) is 8.65. The molecule has 1 unspecified atom stereocenters. The number of nitrogens with one attached hydrogen (secondary N) is 1. The van der Waals surface area contributed by atoms with Crippen LogP contribution in [-0.2, 0) is 6.54 Å². The van der Waals surface area contributed by atoms with E-state index in [-0.39, 0.29) is 0 Å². The third kappa shape index (κ3) is 3.82. The second kappa shape index (κ2) is 6.35. The SMILES string of the molecule is Cc1ccc(C)c(CNCC2CCCN(C)C2)c1. The van der Waals surface area contributed by atoms with E-state index in [0.717, 1.165) is 19.0 Å². The fraction of sp³-hybridized carbons (Fsp3) is 0.625. The van der Waals surface area contributed by atoms with Gasteiger partial charge < -0.3 is 10.2 Å². The molecular weight excluding hydrogens is 220 g/mol. The largest absolute Gasteiger partial charge is 0.312 e. The number of aryl methyl sites for hydroxylation is 2. The summed E-state index contributed by atoms with van der Waals surface area (Å²) < 4.78 is 0.